The Morgan fingerprint density at radius 1 is 1.21 bits per heavy atom. The summed E-state index contributed by atoms with van der Waals surface area (Å²) in [6.07, 6.45) is 0.700. The van der Waals surface area contributed by atoms with Gasteiger partial charge in [-0.25, -0.2) is 0 Å². The molecule has 1 aliphatic rings. The number of hydrogen-bond donors (Lipinski definition) is 2. The zero-order valence-corrected chi connectivity index (χ0v) is 16.8. The van der Waals surface area contributed by atoms with Gasteiger partial charge in [-0.05, 0) is 61.1 Å². The zero-order chi connectivity index (χ0) is 21.3. The normalized spacial score (nSPS) is 15.4. The number of aryl methyl sites for hydroxylation is 1. The lowest BCUT2D eigenvalue weighted by Gasteiger charge is -2.26. The molecular weight excluding hydrogens is 374 g/mol. The molecule has 0 saturated heterocycles. The number of benzene rings is 2. The van der Waals surface area contributed by atoms with E-state index in [2.05, 4.69) is 10.6 Å². The van der Waals surface area contributed by atoms with Crippen molar-refractivity contribution in [3.8, 4) is 5.75 Å². The molecule has 0 fully saturated rings. The van der Waals surface area contributed by atoms with Crippen molar-refractivity contribution in [1.82, 2.24) is 5.32 Å². The van der Waals surface area contributed by atoms with Crippen molar-refractivity contribution >= 4 is 23.3 Å². The van der Waals surface area contributed by atoms with Crippen molar-refractivity contribution in [3.63, 3.8) is 0 Å². The molecule has 2 aromatic rings. The minimum absolute atomic E-state index is 0.0427. The Morgan fingerprint density at radius 3 is 2.59 bits per heavy atom. The third kappa shape index (κ3) is 4.12. The van der Waals surface area contributed by atoms with Gasteiger partial charge in [0, 0.05) is 31.3 Å². The molecule has 29 heavy (non-hydrogen) atoms. The second kappa shape index (κ2) is 8.00. The van der Waals surface area contributed by atoms with Crippen LogP contribution in [-0.4, -0.2) is 23.3 Å². The standard InChI is InChI=1S/C21H23N3O5/c1-11-9-18(12(2)13(3)20(11)29-14(4)25)23-21(26)19-17-10-16(24(27)28)6-5-15(17)7-8-22-19/h5-6,9-10,19,22H,7-8H2,1-4H3,(H,23,26). The van der Waals surface area contributed by atoms with Gasteiger partial charge in [0.25, 0.3) is 5.69 Å². The molecule has 0 aromatic heterocycles. The summed E-state index contributed by atoms with van der Waals surface area (Å²) >= 11 is 0. The molecule has 0 aliphatic carbocycles. The summed E-state index contributed by atoms with van der Waals surface area (Å²) in [4.78, 5) is 35.0. The van der Waals surface area contributed by atoms with Crippen LogP contribution in [0.25, 0.3) is 0 Å². The summed E-state index contributed by atoms with van der Waals surface area (Å²) in [5, 5.41) is 17.2. The Morgan fingerprint density at radius 2 is 1.93 bits per heavy atom. The molecule has 1 amide bonds. The highest BCUT2D eigenvalue weighted by Crippen LogP contribution is 2.33. The first-order valence-corrected chi connectivity index (χ1v) is 9.29. The van der Waals surface area contributed by atoms with Crippen LogP contribution in [0.5, 0.6) is 5.75 Å². The van der Waals surface area contributed by atoms with Crippen LogP contribution in [0, 0.1) is 30.9 Å². The Balaban J connectivity index is 1.91. The van der Waals surface area contributed by atoms with Gasteiger partial charge < -0.3 is 15.4 Å². The van der Waals surface area contributed by atoms with Gasteiger partial charge in [0.1, 0.15) is 11.8 Å². The maximum Gasteiger partial charge on any atom is 0.308 e. The smallest absolute Gasteiger partial charge is 0.308 e. The summed E-state index contributed by atoms with van der Waals surface area (Å²) in [5.41, 5.74) is 4.39. The van der Waals surface area contributed by atoms with Crippen molar-refractivity contribution < 1.29 is 19.2 Å². The fraction of sp³-hybridized carbons (Fsp3) is 0.333. The average Bonchev–Trinajstić information content (AvgIpc) is 2.68. The average molecular weight is 397 g/mol. The number of hydrogen-bond acceptors (Lipinski definition) is 6. The first-order valence-electron chi connectivity index (χ1n) is 9.29. The minimum Gasteiger partial charge on any atom is -0.426 e. The van der Waals surface area contributed by atoms with Crippen molar-refractivity contribution in [2.75, 3.05) is 11.9 Å². The van der Waals surface area contributed by atoms with Gasteiger partial charge in [-0.1, -0.05) is 6.07 Å². The number of esters is 1. The Kier molecular flexibility index (Phi) is 5.65. The van der Waals surface area contributed by atoms with Crippen LogP contribution in [0.4, 0.5) is 11.4 Å². The summed E-state index contributed by atoms with van der Waals surface area (Å²) < 4.78 is 5.29. The van der Waals surface area contributed by atoms with Gasteiger partial charge in [0.2, 0.25) is 5.91 Å². The second-order valence-electron chi connectivity index (χ2n) is 7.18. The number of nitrogens with one attached hydrogen (secondary N) is 2. The summed E-state index contributed by atoms with van der Waals surface area (Å²) in [6, 6.07) is 5.70. The Labute approximate surface area is 168 Å². The molecule has 1 atom stereocenters. The van der Waals surface area contributed by atoms with E-state index >= 15 is 0 Å². The lowest BCUT2D eigenvalue weighted by Crippen LogP contribution is -2.38. The summed E-state index contributed by atoms with van der Waals surface area (Å²) in [7, 11) is 0. The molecule has 1 unspecified atom stereocenters. The van der Waals surface area contributed by atoms with E-state index in [9.17, 15) is 19.7 Å². The number of rotatable bonds is 4. The van der Waals surface area contributed by atoms with Crippen molar-refractivity contribution in [1.29, 1.82) is 0 Å². The van der Waals surface area contributed by atoms with Gasteiger partial charge >= 0.3 is 5.97 Å². The van der Waals surface area contributed by atoms with Crippen molar-refractivity contribution in [2.45, 2.75) is 40.2 Å². The van der Waals surface area contributed by atoms with Crippen molar-refractivity contribution in [2.24, 2.45) is 0 Å². The molecule has 0 spiro atoms. The number of nitrogens with zero attached hydrogens (tertiary/aromatic N) is 1. The SMILES string of the molecule is CC(=O)Oc1c(C)cc(NC(=O)C2NCCc3ccc([N+](=O)[O-])cc32)c(C)c1C. The molecule has 1 aliphatic heterocycles. The third-order valence-electron chi connectivity index (χ3n) is 5.19. The van der Waals surface area contributed by atoms with Gasteiger partial charge in [-0.2, -0.15) is 0 Å². The van der Waals surface area contributed by atoms with E-state index < -0.39 is 16.9 Å². The van der Waals surface area contributed by atoms with Gasteiger partial charge in [0.05, 0.1) is 4.92 Å². The van der Waals surface area contributed by atoms with E-state index in [1.807, 2.05) is 13.8 Å². The summed E-state index contributed by atoms with van der Waals surface area (Å²) in [6.45, 7) is 7.41. The molecule has 3 rings (SSSR count). The molecule has 0 saturated carbocycles. The molecule has 152 valence electrons. The molecule has 0 radical (unpaired) electrons. The van der Waals surface area contributed by atoms with Crippen LogP contribution in [0.2, 0.25) is 0 Å². The molecular formula is C21H23N3O5. The lowest BCUT2D eigenvalue weighted by molar-refractivity contribution is -0.384. The molecule has 2 aromatic carbocycles. The fourth-order valence-electron chi connectivity index (χ4n) is 3.58. The number of amides is 1. The van der Waals surface area contributed by atoms with Gasteiger partial charge in [-0.3, -0.25) is 19.7 Å². The van der Waals surface area contributed by atoms with Crippen molar-refractivity contribution in [3.05, 3.63) is 62.2 Å². The van der Waals surface area contributed by atoms with Gasteiger partial charge in [-0.15, -0.1) is 0 Å². The minimum atomic E-state index is -0.688. The number of fused-ring (bicyclic) bond motifs is 1. The maximum absolute atomic E-state index is 13.0. The van der Waals surface area contributed by atoms with Crippen LogP contribution in [0.3, 0.4) is 0 Å². The monoisotopic (exact) mass is 397 g/mol. The topological polar surface area (TPSA) is 111 Å². The van der Waals surface area contributed by atoms with E-state index in [4.69, 9.17) is 4.74 Å². The van der Waals surface area contributed by atoms with Gasteiger partial charge in [0.15, 0.2) is 0 Å². The molecule has 8 nitrogen and oxygen atoms in total. The van der Waals surface area contributed by atoms with Crippen LogP contribution >= 0.6 is 0 Å². The number of anilines is 1. The maximum atomic E-state index is 13.0. The highest BCUT2D eigenvalue weighted by Gasteiger charge is 2.28. The quantitative estimate of drug-likeness (QED) is 0.355. The second-order valence-corrected chi connectivity index (χ2v) is 7.18. The highest BCUT2D eigenvalue weighted by atomic mass is 16.6. The number of nitro benzene ring substituents is 1. The van der Waals surface area contributed by atoms with Crippen LogP contribution in [0.15, 0.2) is 24.3 Å². The lowest BCUT2D eigenvalue weighted by atomic mass is 9.93. The van der Waals surface area contributed by atoms with Crippen LogP contribution < -0.4 is 15.4 Å². The molecule has 0 bridgehead atoms. The zero-order valence-electron chi connectivity index (χ0n) is 16.8. The number of non-ortho nitro benzene ring substituents is 1. The number of nitro groups is 1. The summed E-state index contributed by atoms with van der Waals surface area (Å²) in [5.74, 6) is -0.213. The van der Waals surface area contributed by atoms with Crippen LogP contribution in [0.1, 0.15) is 40.8 Å². The predicted molar refractivity (Wildman–Crippen MR) is 108 cm³/mol. The largest absolute Gasteiger partial charge is 0.426 e. The molecule has 1 heterocycles. The number of carbonyl (C=O) groups excluding carboxylic acids is 2. The Hall–Kier alpha value is -3.26. The van der Waals surface area contributed by atoms with Crippen LogP contribution in [-0.2, 0) is 16.0 Å². The molecule has 8 heteroatoms. The van der Waals surface area contributed by atoms with E-state index in [1.165, 1.54) is 19.1 Å². The Bertz CT molecular complexity index is 1020. The first kappa shape index (κ1) is 20.5. The highest BCUT2D eigenvalue weighted by molar-refractivity contribution is 5.97. The number of ether oxygens (including phenoxy) is 1. The third-order valence-corrected chi connectivity index (χ3v) is 5.19. The van der Waals surface area contributed by atoms with E-state index in [1.54, 1.807) is 19.1 Å². The molecule has 2 N–H and O–H groups in total. The van der Waals surface area contributed by atoms with E-state index in [-0.39, 0.29) is 11.6 Å². The number of carbonyl (C=O) groups is 2. The van der Waals surface area contributed by atoms with E-state index in [0.29, 0.717) is 30.0 Å². The van der Waals surface area contributed by atoms with E-state index in [0.717, 1.165) is 22.3 Å². The first-order chi connectivity index (χ1) is 13.7. The fourth-order valence-corrected chi connectivity index (χ4v) is 3.58. The predicted octanol–water partition coefficient (Wildman–Crippen LogP) is 3.27.